The molecule has 1 saturated heterocycles. The third-order valence-electron chi connectivity index (χ3n) is 5.43. The first-order chi connectivity index (χ1) is 11.4. The molecule has 2 heterocycles. The summed E-state index contributed by atoms with van der Waals surface area (Å²) < 4.78 is 35.4. The zero-order chi connectivity index (χ0) is 16.9. The number of hydrogen-bond donors (Lipinski definition) is 0. The molecule has 2 aliphatic heterocycles. The fraction of sp³-hybridized carbons (Fsp3) is 0.500. The third-order valence-corrected chi connectivity index (χ3v) is 5.97. The molecule has 5 atom stereocenters. The first kappa shape index (κ1) is 16.0. The van der Waals surface area contributed by atoms with E-state index in [1.807, 2.05) is 42.5 Å². The van der Waals surface area contributed by atoms with Crippen LogP contribution in [-0.4, -0.2) is 32.7 Å². The van der Waals surface area contributed by atoms with E-state index in [2.05, 4.69) is 0 Å². The van der Waals surface area contributed by atoms with E-state index in [4.69, 9.17) is 8.92 Å². The first-order valence-electron chi connectivity index (χ1n) is 8.23. The fourth-order valence-electron chi connectivity index (χ4n) is 4.45. The normalized spacial score (nSPS) is 35.9. The number of hydrogen-bond acceptors (Lipinski definition) is 5. The van der Waals surface area contributed by atoms with E-state index < -0.39 is 27.7 Å². The summed E-state index contributed by atoms with van der Waals surface area (Å²) >= 11 is 0. The predicted octanol–water partition coefficient (Wildman–Crippen LogP) is 2.40. The van der Waals surface area contributed by atoms with Crippen LogP contribution < -0.4 is 0 Å². The van der Waals surface area contributed by atoms with E-state index in [1.165, 1.54) is 0 Å². The molecule has 4 bridgehead atoms. The van der Waals surface area contributed by atoms with Crippen LogP contribution in [0.3, 0.4) is 0 Å². The summed E-state index contributed by atoms with van der Waals surface area (Å²) in [6.45, 7) is 0. The van der Waals surface area contributed by atoms with Crippen LogP contribution in [0.4, 0.5) is 0 Å². The molecule has 2 fully saturated rings. The lowest BCUT2D eigenvalue weighted by Gasteiger charge is -2.50. The van der Waals surface area contributed by atoms with Crippen molar-refractivity contribution < 1.29 is 22.1 Å². The molecule has 6 heteroatoms. The molecule has 128 valence electrons. The molecule has 0 spiro atoms. The molecule has 1 aliphatic carbocycles. The standard InChI is InChI=1S/C18H20O5S/c1-24(20,21)23-17(12-6-3-2-4-7-12)18-11-5-8-13(16(18)19)14-9-10-15(18)22-14/h2-4,6-7,9-10,13-15,17H,5,8,11H2,1H3/t13-,14-,15+,17-,18-/m0/s1. The molecule has 0 radical (unpaired) electrons. The van der Waals surface area contributed by atoms with Crippen molar-refractivity contribution in [2.45, 2.75) is 37.6 Å². The summed E-state index contributed by atoms with van der Waals surface area (Å²) in [7, 11) is -3.74. The Kier molecular flexibility index (Phi) is 3.67. The molecule has 1 aromatic carbocycles. The molecular formula is C18H20O5S. The lowest BCUT2D eigenvalue weighted by Crippen LogP contribution is -2.58. The average Bonchev–Trinajstić information content (AvgIpc) is 3.00. The Labute approximate surface area is 141 Å². The van der Waals surface area contributed by atoms with Gasteiger partial charge in [0.05, 0.1) is 23.9 Å². The van der Waals surface area contributed by atoms with Gasteiger partial charge in [-0.15, -0.1) is 0 Å². The van der Waals surface area contributed by atoms with Crippen molar-refractivity contribution in [2.24, 2.45) is 11.3 Å². The molecule has 5 nitrogen and oxygen atoms in total. The van der Waals surface area contributed by atoms with Crippen LogP contribution in [0.2, 0.25) is 0 Å². The molecule has 24 heavy (non-hydrogen) atoms. The van der Waals surface area contributed by atoms with Gasteiger partial charge in [0, 0.05) is 5.92 Å². The zero-order valence-electron chi connectivity index (χ0n) is 13.4. The van der Waals surface area contributed by atoms with Gasteiger partial charge in [-0.2, -0.15) is 8.42 Å². The molecule has 0 aromatic heterocycles. The van der Waals surface area contributed by atoms with E-state index in [9.17, 15) is 13.2 Å². The Morgan fingerprint density at radius 3 is 2.71 bits per heavy atom. The Hall–Kier alpha value is -1.50. The Bertz CT molecular complexity index is 785. The smallest absolute Gasteiger partial charge is 0.265 e. The lowest BCUT2D eigenvalue weighted by molar-refractivity contribution is -0.182. The number of ether oxygens (including phenoxy) is 1. The average molecular weight is 348 g/mol. The molecule has 3 aliphatic rings. The molecule has 4 rings (SSSR count). The van der Waals surface area contributed by atoms with Gasteiger partial charge >= 0.3 is 0 Å². The number of Topliss-reactive ketones (excluding diaryl/α,β-unsaturated/α-hetero) is 1. The second-order valence-electron chi connectivity index (χ2n) is 6.90. The van der Waals surface area contributed by atoms with Gasteiger partial charge in [0.1, 0.15) is 6.10 Å². The molecular weight excluding hydrogens is 328 g/mol. The third kappa shape index (κ3) is 2.36. The number of benzene rings is 1. The summed E-state index contributed by atoms with van der Waals surface area (Å²) in [5.74, 6) is -0.124. The molecule has 0 N–H and O–H groups in total. The largest absolute Gasteiger partial charge is 0.365 e. The number of carbonyl (C=O) groups excluding carboxylic acids is 1. The SMILES string of the molecule is CS(=O)(=O)O[C@@H](c1ccccc1)[C@]12CCC[C@H](C1=O)[C@@H]1C=C[C@H]2O1. The monoisotopic (exact) mass is 348 g/mol. The van der Waals surface area contributed by atoms with Crippen LogP contribution in [0.5, 0.6) is 0 Å². The first-order valence-corrected chi connectivity index (χ1v) is 10.0. The van der Waals surface area contributed by atoms with Gasteiger partial charge in [0.2, 0.25) is 0 Å². The fourth-order valence-corrected chi connectivity index (χ4v) is 5.09. The number of rotatable bonds is 4. The molecule has 1 aromatic rings. The maximum absolute atomic E-state index is 13.3. The van der Waals surface area contributed by atoms with Crippen LogP contribution in [0.1, 0.15) is 30.9 Å². The van der Waals surface area contributed by atoms with Gasteiger partial charge in [-0.05, 0) is 18.4 Å². The summed E-state index contributed by atoms with van der Waals surface area (Å²) in [5.41, 5.74) is -0.282. The van der Waals surface area contributed by atoms with Crippen LogP contribution in [0.25, 0.3) is 0 Å². The molecule has 0 unspecified atom stereocenters. The Balaban J connectivity index is 1.86. The topological polar surface area (TPSA) is 69.7 Å². The minimum Gasteiger partial charge on any atom is -0.365 e. The van der Waals surface area contributed by atoms with Crippen molar-refractivity contribution >= 4 is 15.9 Å². The maximum atomic E-state index is 13.3. The van der Waals surface area contributed by atoms with Gasteiger partial charge in [-0.1, -0.05) is 48.9 Å². The summed E-state index contributed by atoms with van der Waals surface area (Å²) in [5, 5.41) is 0. The second-order valence-corrected chi connectivity index (χ2v) is 8.50. The van der Waals surface area contributed by atoms with E-state index in [1.54, 1.807) is 0 Å². The van der Waals surface area contributed by atoms with Crippen LogP contribution in [-0.2, 0) is 23.8 Å². The van der Waals surface area contributed by atoms with Crippen LogP contribution in [0, 0.1) is 11.3 Å². The van der Waals surface area contributed by atoms with Crippen molar-refractivity contribution in [1.29, 1.82) is 0 Å². The Morgan fingerprint density at radius 1 is 1.25 bits per heavy atom. The molecule has 0 amide bonds. The van der Waals surface area contributed by atoms with Crippen molar-refractivity contribution in [3.8, 4) is 0 Å². The van der Waals surface area contributed by atoms with Crippen molar-refractivity contribution in [3.05, 3.63) is 48.0 Å². The van der Waals surface area contributed by atoms with Gasteiger partial charge in [0.25, 0.3) is 10.1 Å². The zero-order valence-corrected chi connectivity index (χ0v) is 14.2. The highest BCUT2D eigenvalue weighted by molar-refractivity contribution is 7.86. The van der Waals surface area contributed by atoms with E-state index >= 15 is 0 Å². The number of fused-ring (bicyclic) bond motifs is 6. The summed E-state index contributed by atoms with van der Waals surface area (Å²) in [6, 6.07) is 9.13. The number of ketones is 1. The van der Waals surface area contributed by atoms with Crippen molar-refractivity contribution in [3.63, 3.8) is 0 Å². The van der Waals surface area contributed by atoms with E-state index in [0.717, 1.165) is 19.1 Å². The van der Waals surface area contributed by atoms with Crippen molar-refractivity contribution in [2.75, 3.05) is 6.26 Å². The lowest BCUT2D eigenvalue weighted by atomic mass is 9.60. The number of carbonyl (C=O) groups is 1. The minimum absolute atomic E-state index is 0.0810. The maximum Gasteiger partial charge on any atom is 0.265 e. The second kappa shape index (κ2) is 5.51. The van der Waals surface area contributed by atoms with Gasteiger partial charge in [-0.25, -0.2) is 0 Å². The Morgan fingerprint density at radius 2 is 2.00 bits per heavy atom. The van der Waals surface area contributed by atoms with E-state index in [-0.39, 0.29) is 17.8 Å². The highest BCUT2D eigenvalue weighted by Gasteiger charge is 2.63. The quantitative estimate of drug-likeness (QED) is 0.617. The summed E-state index contributed by atoms with van der Waals surface area (Å²) in [4.78, 5) is 13.3. The highest BCUT2D eigenvalue weighted by atomic mass is 32.2. The molecule has 1 saturated carbocycles. The van der Waals surface area contributed by atoms with E-state index in [0.29, 0.717) is 12.0 Å². The van der Waals surface area contributed by atoms with Gasteiger partial charge in [-0.3, -0.25) is 8.98 Å². The van der Waals surface area contributed by atoms with Crippen LogP contribution in [0.15, 0.2) is 42.5 Å². The van der Waals surface area contributed by atoms with Gasteiger partial charge in [0.15, 0.2) is 5.78 Å². The predicted molar refractivity (Wildman–Crippen MR) is 87.7 cm³/mol. The van der Waals surface area contributed by atoms with Crippen LogP contribution >= 0.6 is 0 Å². The minimum atomic E-state index is -3.74. The van der Waals surface area contributed by atoms with Crippen molar-refractivity contribution in [1.82, 2.24) is 0 Å². The van der Waals surface area contributed by atoms with Gasteiger partial charge < -0.3 is 4.74 Å². The highest BCUT2D eigenvalue weighted by Crippen LogP contribution is 2.57. The summed E-state index contributed by atoms with van der Waals surface area (Å²) in [6.07, 6.45) is 5.63.